The number of aromatic nitrogens is 2. The largest absolute Gasteiger partial charge is 0.327 e. The number of nitrogens with one attached hydrogen (secondary N) is 1. The molecule has 1 atom stereocenters. The van der Waals surface area contributed by atoms with E-state index in [4.69, 9.17) is 0 Å². The number of hydrogen-bond donors (Lipinski definition) is 1. The molecular formula is C18H23N5O3. The van der Waals surface area contributed by atoms with Crippen molar-refractivity contribution in [3.63, 3.8) is 0 Å². The summed E-state index contributed by atoms with van der Waals surface area (Å²) in [6.45, 7) is 5.40. The Balaban J connectivity index is 1.97. The zero-order valence-electron chi connectivity index (χ0n) is 15.2. The van der Waals surface area contributed by atoms with Crippen molar-refractivity contribution < 1.29 is 9.72 Å². The maximum atomic E-state index is 13.2. The molecule has 1 N–H and O–H groups in total. The van der Waals surface area contributed by atoms with Crippen molar-refractivity contribution in [3.05, 3.63) is 56.9 Å². The van der Waals surface area contributed by atoms with Crippen LogP contribution in [-0.4, -0.2) is 45.1 Å². The molecule has 1 aromatic carbocycles. The first-order valence-electron chi connectivity index (χ1n) is 8.72. The zero-order chi connectivity index (χ0) is 18.8. The van der Waals surface area contributed by atoms with Crippen LogP contribution in [0.1, 0.15) is 40.3 Å². The summed E-state index contributed by atoms with van der Waals surface area (Å²) in [5.41, 5.74) is 2.32. The molecule has 26 heavy (non-hydrogen) atoms. The number of nitrogens with zero attached hydrogens (tertiary/aromatic N) is 4. The second kappa shape index (κ2) is 7.25. The van der Waals surface area contributed by atoms with Gasteiger partial charge >= 0.3 is 5.69 Å². The van der Waals surface area contributed by atoms with Gasteiger partial charge < -0.3 is 10.2 Å². The molecule has 1 unspecified atom stereocenters. The van der Waals surface area contributed by atoms with E-state index in [9.17, 15) is 14.9 Å². The fourth-order valence-electron chi connectivity index (χ4n) is 3.46. The molecule has 8 nitrogen and oxygen atoms in total. The fourth-order valence-corrected chi connectivity index (χ4v) is 3.46. The van der Waals surface area contributed by atoms with E-state index < -0.39 is 4.92 Å². The third-order valence-electron chi connectivity index (χ3n) is 4.85. The topological polar surface area (TPSA) is 93.3 Å². The summed E-state index contributed by atoms with van der Waals surface area (Å²) >= 11 is 0. The Labute approximate surface area is 151 Å². The molecule has 2 heterocycles. The van der Waals surface area contributed by atoms with Crippen LogP contribution in [-0.2, 0) is 13.5 Å². The number of aryl methyl sites for hydroxylation is 3. The lowest BCUT2D eigenvalue weighted by Gasteiger charge is -2.36. The van der Waals surface area contributed by atoms with Gasteiger partial charge in [-0.25, -0.2) is 0 Å². The molecule has 138 valence electrons. The molecule has 1 amide bonds. The lowest BCUT2D eigenvalue weighted by molar-refractivity contribution is -0.385. The summed E-state index contributed by atoms with van der Waals surface area (Å²) in [4.78, 5) is 25.8. The lowest BCUT2D eigenvalue weighted by atomic mass is 10.0. The van der Waals surface area contributed by atoms with Crippen LogP contribution in [0.5, 0.6) is 0 Å². The minimum absolute atomic E-state index is 0.0320. The Kier molecular flexibility index (Phi) is 5.03. The summed E-state index contributed by atoms with van der Waals surface area (Å²) < 4.78 is 1.31. The minimum Gasteiger partial charge on any atom is -0.327 e. The summed E-state index contributed by atoms with van der Waals surface area (Å²) in [6.07, 6.45) is 0.951. The summed E-state index contributed by atoms with van der Waals surface area (Å²) in [5.74, 6) is -0.356. The third-order valence-corrected chi connectivity index (χ3v) is 4.85. The molecule has 0 saturated carbocycles. The van der Waals surface area contributed by atoms with E-state index in [0.717, 1.165) is 12.0 Å². The molecule has 0 spiro atoms. The monoisotopic (exact) mass is 357 g/mol. The lowest BCUT2D eigenvalue weighted by Crippen LogP contribution is -2.49. The van der Waals surface area contributed by atoms with Gasteiger partial charge in [0.2, 0.25) is 5.69 Å². The van der Waals surface area contributed by atoms with E-state index in [1.54, 1.807) is 18.9 Å². The van der Waals surface area contributed by atoms with E-state index in [0.29, 0.717) is 19.6 Å². The first-order valence-corrected chi connectivity index (χ1v) is 8.72. The SMILES string of the molecule is CCc1ccc(C2CNCCN2C(=O)c2c([N+](=O)[O-])c(C)nn2C)cc1. The minimum atomic E-state index is -0.525. The number of piperazine rings is 1. The van der Waals surface area contributed by atoms with Gasteiger partial charge in [0.1, 0.15) is 5.69 Å². The average molecular weight is 357 g/mol. The highest BCUT2D eigenvalue weighted by Gasteiger charge is 2.36. The van der Waals surface area contributed by atoms with Crippen LogP contribution in [0.25, 0.3) is 0 Å². The van der Waals surface area contributed by atoms with Gasteiger partial charge in [-0.05, 0) is 24.5 Å². The van der Waals surface area contributed by atoms with Gasteiger partial charge in [0.15, 0.2) is 0 Å². The quantitative estimate of drug-likeness (QED) is 0.667. The molecule has 0 bridgehead atoms. The highest BCUT2D eigenvalue weighted by atomic mass is 16.6. The second-order valence-electron chi connectivity index (χ2n) is 6.48. The molecule has 3 rings (SSSR count). The van der Waals surface area contributed by atoms with Crippen LogP contribution in [0.2, 0.25) is 0 Å². The van der Waals surface area contributed by atoms with Crippen molar-refractivity contribution >= 4 is 11.6 Å². The Morgan fingerprint density at radius 3 is 2.69 bits per heavy atom. The average Bonchev–Trinajstić information content (AvgIpc) is 2.95. The van der Waals surface area contributed by atoms with Gasteiger partial charge in [0.25, 0.3) is 5.91 Å². The van der Waals surface area contributed by atoms with Crippen molar-refractivity contribution in [3.8, 4) is 0 Å². The van der Waals surface area contributed by atoms with E-state index in [-0.39, 0.29) is 29.0 Å². The van der Waals surface area contributed by atoms with Crippen LogP contribution in [0.4, 0.5) is 5.69 Å². The Hall–Kier alpha value is -2.74. The van der Waals surface area contributed by atoms with Gasteiger partial charge in [0, 0.05) is 26.7 Å². The summed E-state index contributed by atoms with van der Waals surface area (Å²) in [6, 6.07) is 8.00. The standard InChI is InChI=1S/C18H23N5O3/c1-4-13-5-7-14(8-6-13)15-11-19-9-10-22(15)18(24)17-16(23(25)26)12(2)20-21(17)3/h5-8,15,19H,4,9-11H2,1-3H3. The molecule has 1 aliphatic heterocycles. The van der Waals surface area contributed by atoms with Gasteiger partial charge in [-0.1, -0.05) is 31.2 Å². The van der Waals surface area contributed by atoms with Crippen molar-refractivity contribution in [2.75, 3.05) is 19.6 Å². The molecule has 0 aliphatic carbocycles. The Morgan fingerprint density at radius 1 is 1.38 bits per heavy atom. The first-order chi connectivity index (χ1) is 12.4. The van der Waals surface area contributed by atoms with E-state index in [2.05, 4.69) is 29.5 Å². The number of rotatable bonds is 4. The summed E-state index contributed by atoms with van der Waals surface area (Å²) in [5, 5.41) is 18.8. The van der Waals surface area contributed by atoms with Gasteiger partial charge in [0.05, 0.1) is 11.0 Å². The van der Waals surface area contributed by atoms with Gasteiger partial charge in [-0.2, -0.15) is 5.10 Å². The maximum Gasteiger partial charge on any atom is 0.322 e. The number of amides is 1. The number of hydrogen-bond acceptors (Lipinski definition) is 5. The molecule has 0 radical (unpaired) electrons. The van der Waals surface area contributed by atoms with Gasteiger partial charge in [-0.3, -0.25) is 19.6 Å². The molecule has 1 aromatic heterocycles. The number of benzene rings is 1. The van der Waals surface area contributed by atoms with E-state index in [1.165, 1.54) is 10.2 Å². The predicted octanol–water partition coefficient (Wildman–Crippen LogP) is 1.99. The first kappa shape index (κ1) is 18.1. The predicted molar refractivity (Wildman–Crippen MR) is 97.1 cm³/mol. The number of carbonyl (C=O) groups excluding carboxylic acids is 1. The Morgan fingerprint density at radius 2 is 2.08 bits per heavy atom. The van der Waals surface area contributed by atoms with Crippen molar-refractivity contribution in [1.82, 2.24) is 20.0 Å². The molecule has 1 saturated heterocycles. The smallest absolute Gasteiger partial charge is 0.322 e. The summed E-state index contributed by atoms with van der Waals surface area (Å²) in [7, 11) is 1.57. The van der Waals surface area contributed by atoms with Crippen LogP contribution >= 0.6 is 0 Å². The van der Waals surface area contributed by atoms with Gasteiger partial charge in [-0.15, -0.1) is 0 Å². The Bertz CT molecular complexity index is 828. The van der Waals surface area contributed by atoms with Crippen LogP contribution in [0, 0.1) is 17.0 Å². The number of nitro groups is 1. The normalized spacial score (nSPS) is 17.3. The molecule has 2 aromatic rings. The third kappa shape index (κ3) is 3.20. The second-order valence-corrected chi connectivity index (χ2v) is 6.48. The highest BCUT2D eigenvalue weighted by Crippen LogP contribution is 2.29. The van der Waals surface area contributed by atoms with Crippen LogP contribution in [0.3, 0.4) is 0 Å². The molecule has 1 fully saturated rings. The van der Waals surface area contributed by atoms with Crippen LogP contribution in [0.15, 0.2) is 24.3 Å². The molecular weight excluding hydrogens is 334 g/mol. The van der Waals surface area contributed by atoms with Crippen molar-refractivity contribution in [1.29, 1.82) is 0 Å². The number of carbonyl (C=O) groups is 1. The van der Waals surface area contributed by atoms with E-state index >= 15 is 0 Å². The maximum absolute atomic E-state index is 13.2. The van der Waals surface area contributed by atoms with E-state index in [1.807, 2.05) is 12.1 Å². The van der Waals surface area contributed by atoms with Crippen molar-refractivity contribution in [2.45, 2.75) is 26.3 Å². The zero-order valence-corrected chi connectivity index (χ0v) is 15.2. The molecule has 1 aliphatic rings. The van der Waals surface area contributed by atoms with Crippen molar-refractivity contribution in [2.24, 2.45) is 7.05 Å². The van der Waals surface area contributed by atoms with Crippen LogP contribution < -0.4 is 5.32 Å². The fraction of sp³-hybridized carbons (Fsp3) is 0.444. The highest BCUT2D eigenvalue weighted by molar-refractivity contribution is 5.97. The molecule has 8 heteroatoms.